The van der Waals surface area contributed by atoms with E-state index in [9.17, 15) is 9.59 Å². The number of halogens is 1. The largest absolute Gasteiger partial charge is 0.496 e. The van der Waals surface area contributed by atoms with Crippen LogP contribution in [0.1, 0.15) is 5.56 Å². The molecule has 5 nitrogen and oxygen atoms in total. The van der Waals surface area contributed by atoms with Crippen LogP contribution in [0.15, 0.2) is 66.4 Å². The molecule has 27 heavy (non-hydrogen) atoms. The van der Waals surface area contributed by atoms with Crippen molar-refractivity contribution in [3.63, 3.8) is 0 Å². The molecule has 0 atom stereocenters. The fraction of sp³-hybridized carbons (Fsp3) is 0.0476. The lowest BCUT2D eigenvalue weighted by Gasteiger charge is -2.11. The van der Waals surface area contributed by atoms with E-state index in [1.54, 1.807) is 37.5 Å². The van der Waals surface area contributed by atoms with Gasteiger partial charge in [0.2, 0.25) is 0 Å². The van der Waals surface area contributed by atoms with Gasteiger partial charge in [-0.05, 0) is 47.4 Å². The number of benzene rings is 3. The summed E-state index contributed by atoms with van der Waals surface area (Å²) in [5, 5.41) is 5.03. The van der Waals surface area contributed by atoms with Crippen LogP contribution in [0.25, 0.3) is 16.8 Å². The quantitative estimate of drug-likeness (QED) is 0.535. The van der Waals surface area contributed by atoms with Crippen molar-refractivity contribution < 1.29 is 14.3 Å². The molecule has 1 aliphatic rings. The molecule has 3 aromatic carbocycles. The first-order chi connectivity index (χ1) is 13.1. The summed E-state index contributed by atoms with van der Waals surface area (Å²) < 4.78 is 5.40. The first kappa shape index (κ1) is 17.1. The van der Waals surface area contributed by atoms with Crippen molar-refractivity contribution in [3.05, 3.63) is 76.9 Å². The van der Waals surface area contributed by atoms with Gasteiger partial charge in [-0.1, -0.05) is 41.9 Å². The zero-order valence-corrected chi connectivity index (χ0v) is 15.2. The average molecular weight is 379 g/mol. The molecule has 0 unspecified atom stereocenters. The highest BCUT2D eigenvalue weighted by molar-refractivity contribution is 6.31. The van der Waals surface area contributed by atoms with Crippen molar-refractivity contribution >= 4 is 46.1 Å². The molecule has 1 saturated heterocycles. The highest BCUT2D eigenvalue weighted by Gasteiger charge is 2.34. The van der Waals surface area contributed by atoms with Crippen molar-refractivity contribution in [2.24, 2.45) is 0 Å². The number of hydrogen-bond acceptors (Lipinski definition) is 3. The van der Waals surface area contributed by atoms with E-state index < -0.39 is 11.9 Å². The van der Waals surface area contributed by atoms with E-state index in [1.165, 1.54) is 0 Å². The van der Waals surface area contributed by atoms with Crippen molar-refractivity contribution in [3.8, 4) is 5.75 Å². The molecule has 0 spiro atoms. The van der Waals surface area contributed by atoms with Gasteiger partial charge in [-0.3, -0.25) is 4.79 Å². The van der Waals surface area contributed by atoms with E-state index in [0.717, 1.165) is 27.0 Å². The highest BCUT2D eigenvalue weighted by atomic mass is 35.5. The number of nitrogens with one attached hydrogen (secondary N) is 1. The van der Waals surface area contributed by atoms with Crippen LogP contribution < -0.4 is 15.0 Å². The Morgan fingerprint density at radius 3 is 2.37 bits per heavy atom. The van der Waals surface area contributed by atoms with Crippen molar-refractivity contribution in [1.29, 1.82) is 0 Å². The minimum atomic E-state index is -0.494. The highest BCUT2D eigenvalue weighted by Crippen LogP contribution is 2.30. The summed E-state index contributed by atoms with van der Waals surface area (Å²) in [6, 6.07) is 17.5. The molecule has 0 saturated carbocycles. The molecule has 134 valence electrons. The minimum Gasteiger partial charge on any atom is -0.496 e. The number of methoxy groups -OCH3 is 1. The molecule has 0 aliphatic carbocycles. The molecule has 1 N–H and O–H groups in total. The Morgan fingerprint density at radius 1 is 0.963 bits per heavy atom. The van der Waals surface area contributed by atoms with E-state index in [2.05, 4.69) is 5.32 Å². The Labute approximate surface area is 160 Å². The summed E-state index contributed by atoms with van der Waals surface area (Å²) in [6.45, 7) is 0. The number of urea groups is 1. The van der Waals surface area contributed by atoms with Crippen molar-refractivity contribution in [2.75, 3.05) is 12.0 Å². The second kappa shape index (κ2) is 6.78. The van der Waals surface area contributed by atoms with Crippen LogP contribution >= 0.6 is 11.6 Å². The SMILES string of the molecule is COc1ccc(/C=C2/NC(=O)N(c3ccc(Cl)cc3)C2=O)c2ccccc12. The van der Waals surface area contributed by atoms with Gasteiger partial charge in [0.05, 0.1) is 12.8 Å². The van der Waals surface area contributed by atoms with Crippen LogP contribution in [0.5, 0.6) is 5.75 Å². The second-order valence-electron chi connectivity index (χ2n) is 6.01. The maximum absolute atomic E-state index is 12.8. The summed E-state index contributed by atoms with van der Waals surface area (Å²) in [5.41, 5.74) is 1.49. The number of amides is 3. The molecule has 0 radical (unpaired) electrons. The molecule has 1 heterocycles. The van der Waals surface area contributed by atoms with Gasteiger partial charge >= 0.3 is 6.03 Å². The Bertz CT molecular complexity index is 1090. The molecule has 3 amide bonds. The molecule has 3 aromatic rings. The third kappa shape index (κ3) is 3.02. The molecule has 1 aliphatic heterocycles. The topological polar surface area (TPSA) is 58.6 Å². The second-order valence-corrected chi connectivity index (χ2v) is 6.44. The van der Waals surface area contributed by atoms with Crippen LogP contribution in [0, 0.1) is 0 Å². The summed E-state index contributed by atoms with van der Waals surface area (Å²) in [6.07, 6.45) is 1.68. The van der Waals surface area contributed by atoms with Gasteiger partial charge in [-0.2, -0.15) is 0 Å². The predicted octanol–water partition coefficient (Wildman–Crippen LogP) is 4.60. The van der Waals surface area contributed by atoms with Gasteiger partial charge < -0.3 is 10.1 Å². The third-order valence-electron chi connectivity index (χ3n) is 4.40. The van der Waals surface area contributed by atoms with Crippen LogP contribution in [-0.2, 0) is 4.79 Å². The Balaban J connectivity index is 1.75. The summed E-state index contributed by atoms with van der Waals surface area (Å²) in [5.74, 6) is 0.333. The number of fused-ring (bicyclic) bond motifs is 1. The van der Waals surface area contributed by atoms with Gasteiger partial charge in [0.1, 0.15) is 11.4 Å². The Morgan fingerprint density at radius 2 is 1.67 bits per heavy atom. The predicted molar refractivity (Wildman–Crippen MR) is 106 cm³/mol. The van der Waals surface area contributed by atoms with Crippen LogP contribution in [-0.4, -0.2) is 19.0 Å². The maximum Gasteiger partial charge on any atom is 0.333 e. The molecule has 0 aromatic heterocycles. The number of imide groups is 1. The van der Waals surface area contributed by atoms with E-state index in [0.29, 0.717) is 10.7 Å². The first-order valence-electron chi connectivity index (χ1n) is 8.27. The minimum absolute atomic E-state index is 0.213. The van der Waals surface area contributed by atoms with Crippen LogP contribution in [0.4, 0.5) is 10.5 Å². The lowest BCUT2D eigenvalue weighted by Crippen LogP contribution is -2.30. The van der Waals surface area contributed by atoms with E-state index in [-0.39, 0.29) is 5.70 Å². The summed E-state index contributed by atoms with van der Waals surface area (Å²) in [7, 11) is 1.62. The van der Waals surface area contributed by atoms with Gasteiger partial charge in [-0.15, -0.1) is 0 Å². The van der Waals surface area contributed by atoms with Crippen LogP contribution in [0.2, 0.25) is 5.02 Å². The number of hydrogen-bond donors (Lipinski definition) is 1. The van der Waals surface area contributed by atoms with Crippen molar-refractivity contribution in [2.45, 2.75) is 0 Å². The lowest BCUT2D eigenvalue weighted by molar-refractivity contribution is -0.113. The average Bonchev–Trinajstić information content (AvgIpc) is 2.96. The number of ether oxygens (including phenoxy) is 1. The van der Waals surface area contributed by atoms with Gasteiger partial charge in [-0.25, -0.2) is 9.69 Å². The number of anilines is 1. The monoisotopic (exact) mass is 378 g/mol. The molecular weight excluding hydrogens is 364 g/mol. The summed E-state index contributed by atoms with van der Waals surface area (Å²) in [4.78, 5) is 26.2. The lowest BCUT2D eigenvalue weighted by atomic mass is 10.0. The maximum atomic E-state index is 12.8. The van der Waals surface area contributed by atoms with E-state index >= 15 is 0 Å². The van der Waals surface area contributed by atoms with Gasteiger partial charge in [0.25, 0.3) is 5.91 Å². The molecule has 4 rings (SSSR count). The number of rotatable bonds is 3. The van der Waals surface area contributed by atoms with E-state index in [4.69, 9.17) is 16.3 Å². The number of carbonyl (C=O) groups is 2. The van der Waals surface area contributed by atoms with Gasteiger partial charge in [0.15, 0.2) is 0 Å². The fourth-order valence-electron chi connectivity index (χ4n) is 3.11. The first-order valence-corrected chi connectivity index (χ1v) is 8.65. The van der Waals surface area contributed by atoms with E-state index in [1.807, 2.05) is 36.4 Å². The third-order valence-corrected chi connectivity index (χ3v) is 4.65. The molecule has 6 heteroatoms. The molecule has 1 fully saturated rings. The fourth-order valence-corrected chi connectivity index (χ4v) is 3.24. The zero-order chi connectivity index (χ0) is 19.0. The summed E-state index contributed by atoms with van der Waals surface area (Å²) >= 11 is 5.88. The number of carbonyl (C=O) groups excluding carboxylic acids is 2. The molecule has 0 bridgehead atoms. The Kier molecular flexibility index (Phi) is 4.30. The van der Waals surface area contributed by atoms with Crippen molar-refractivity contribution in [1.82, 2.24) is 5.32 Å². The standard InChI is InChI=1S/C21H15ClN2O3/c1-27-19-11-6-13(16-4-2-3-5-17(16)19)12-18-20(25)24(21(26)23-18)15-9-7-14(22)8-10-15/h2-12H,1H3,(H,23,26)/b18-12+. The Hall–Kier alpha value is -3.31. The normalized spacial score (nSPS) is 15.5. The van der Waals surface area contributed by atoms with Gasteiger partial charge in [0, 0.05) is 10.4 Å². The van der Waals surface area contributed by atoms with Crippen LogP contribution in [0.3, 0.4) is 0 Å². The molecular formula is C21H15ClN2O3. The zero-order valence-electron chi connectivity index (χ0n) is 14.4. The number of nitrogens with zero attached hydrogens (tertiary/aromatic N) is 1. The smallest absolute Gasteiger partial charge is 0.333 e.